The number of unbranched alkanes of at least 4 members (excludes halogenated alkanes) is 11. The minimum Gasteiger partial charge on any atom is -0.396 e. The summed E-state index contributed by atoms with van der Waals surface area (Å²) in [6.07, 6.45) is 19.8. The fraction of sp³-hybridized carbons (Fsp3) is 1.00. The highest BCUT2D eigenvalue weighted by molar-refractivity contribution is 4.81. The van der Waals surface area contributed by atoms with Crippen molar-refractivity contribution in [3.8, 4) is 0 Å². The maximum absolute atomic E-state index is 10.2. The zero-order valence-corrected chi connectivity index (χ0v) is 14.6. The van der Waals surface area contributed by atoms with E-state index in [2.05, 4.69) is 5.32 Å². The Kier molecular flexibility index (Phi) is 12.1. The lowest BCUT2D eigenvalue weighted by molar-refractivity contribution is 0.0123. The Morgan fingerprint density at radius 2 is 1.05 bits per heavy atom. The molecule has 0 spiro atoms. The second-order valence-corrected chi connectivity index (χ2v) is 7.13. The lowest BCUT2D eigenvalue weighted by Crippen LogP contribution is -2.42. The van der Waals surface area contributed by atoms with Crippen molar-refractivity contribution in [1.29, 1.82) is 0 Å². The minimum absolute atomic E-state index is 0.356. The molecule has 1 saturated carbocycles. The molecule has 1 fully saturated rings. The summed E-state index contributed by atoms with van der Waals surface area (Å²) < 4.78 is 0. The molecule has 0 saturated heterocycles. The van der Waals surface area contributed by atoms with Crippen molar-refractivity contribution < 1.29 is 10.2 Å². The van der Waals surface area contributed by atoms with E-state index < -0.39 is 5.72 Å². The third-order valence-electron chi connectivity index (χ3n) is 4.97. The van der Waals surface area contributed by atoms with Gasteiger partial charge in [-0.1, -0.05) is 64.2 Å². The van der Waals surface area contributed by atoms with E-state index in [1.54, 1.807) is 0 Å². The van der Waals surface area contributed by atoms with Gasteiger partial charge in [-0.25, -0.2) is 0 Å². The Bertz CT molecular complexity index is 240. The van der Waals surface area contributed by atoms with Gasteiger partial charge in [-0.15, -0.1) is 0 Å². The van der Waals surface area contributed by atoms with Crippen molar-refractivity contribution in [2.75, 3.05) is 13.2 Å². The molecule has 1 aliphatic carbocycles. The average molecular weight is 314 g/mol. The van der Waals surface area contributed by atoms with Crippen LogP contribution in [-0.2, 0) is 0 Å². The first-order valence-electron chi connectivity index (χ1n) is 9.85. The fourth-order valence-corrected chi connectivity index (χ4v) is 3.46. The van der Waals surface area contributed by atoms with Crippen molar-refractivity contribution in [2.24, 2.45) is 0 Å². The van der Waals surface area contributed by atoms with Crippen LogP contribution in [0.3, 0.4) is 0 Å². The van der Waals surface area contributed by atoms with E-state index in [1.165, 1.54) is 83.5 Å². The van der Waals surface area contributed by atoms with Crippen LogP contribution in [0.4, 0.5) is 0 Å². The molecule has 0 aliphatic heterocycles. The van der Waals surface area contributed by atoms with Crippen LogP contribution in [0.2, 0.25) is 0 Å². The molecule has 0 aromatic carbocycles. The molecule has 1 rings (SSSR count). The van der Waals surface area contributed by atoms with Gasteiger partial charge >= 0.3 is 0 Å². The molecule has 0 bridgehead atoms. The smallest absolute Gasteiger partial charge is 0.116 e. The molecule has 3 heteroatoms. The lowest BCUT2D eigenvalue weighted by Gasteiger charge is -2.23. The number of nitrogens with one attached hydrogen (secondary N) is 1. The SMILES string of the molecule is OCCCCCCCCCCCCCCNC1(O)CCCC1. The molecular weight excluding hydrogens is 274 g/mol. The van der Waals surface area contributed by atoms with Crippen LogP contribution in [0.15, 0.2) is 0 Å². The highest BCUT2D eigenvalue weighted by Gasteiger charge is 2.29. The molecule has 0 unspecified atom stereocenters. The van der Waals surface area contributed by atoms with Crippen molar-refractivity contribution >= 4 is 0 Å². The molecule has 22 heavy (non-hydrogen) atoms. The summed E-state index contributed by atoms with van der Waals surface area (Å²) in [5.41, 5.74) is -0.531. The summed E-state index contributed by atoms with van der Waals surface area (Å²) in [7, 11) is 0. The molecular formula is C19H39NO2. The second kappa shape index (κ2) is 13.3. The standard InChI is InChI=1S/C19H39NO2/c21-18-14-10-8-6-4-2-1-3-5-7-9-13-17-20-19(22)15-11-12-16-19/h20-22H,1-18H2. The summed E-state index contributed by atoms with van der Waals surface area (Å²) in [4.78, 5) is 0. The summed E-state index contributed by atoms with van der Waals surface area (Å²) in [6.45, 7) is 1.33. The van der Waals surface area contributed by atoms with Gasteiger partial charge in [0.2, 0.25) is 0 Å². The van der Waals surface area contributed by atoms with Crippen LogP contribution in [0.5, 0.6) is 0 Å². The number of hydrogen-bond acceptors (Lipinski definition) is 3. The molecule has 0 atom stereocenters. The normalized spacial score (nSPS) is 17.2. The second-order valence-electron chi connectivity index (χ2n) is 7.13. The van der Waals surface area contributed by atoms with Gasteiger partial charge in [0.15, 0.2) is 0 Å². The molecule has 0 aromatic rings. The molecule has 3 nitrogen and oxygen atoms in total. The summed E-state index contributed by atoms with van der Waals surface area (Å²) in [5, 5.41) is 22.2. The zero-order valence-electron chi connectivity index (χ0n) is 14.6. The molecule has 0 amide bonds. The largest absolute Gasteiger partial charge is 0.396 e. The van der Waals surface area contributed by atoms with Crippen LogP contribution in [0, 0.1) is 0 Å². The van der Waals surface area contributed by atoms with Gasteiger partial charge in [-0.3, -0.25) is 5.32 Å². The quantitative estimate of drug-likeness (QED) is 0.308. The number of hydrogen-bond donors (Lipinski definition) is 3. The van der Waals surface area contributed by atoms with E-state index in [9.17, 15) is 5.11 Å². The average Bonchev–Trinajstić information content (AvgIpc) is 2.94. The van der Waals surface area contributed by atoms with Crippen LogP contribution >= 0.6 is 0 Å². The predicted octanol–water partition coefficient (Wildman–Crippen LogP) is 4.51. The van der Waals surface area contributed by atoms with Crippen LogP contribution in [0.1, 0.15) is 103 Å². The first kappa shape index (κ1) is 19.9. The minimum atomic E-state index is -0.531. The van der Waals surface area contributed by atoms with E-state index in [0.717, 1.165) is 25.8 Å². The van der Waals surface area contributed by atoms with Gasteiger partial charge in [-0.2, -0.15) is 0 Å². The molecule has 3 N–H and O–H groups in total. The van der Waals surface area contributed by atoms with Crippen molar-refractivity contribution in [1.82, 2.24) is 5.32 Å². The lowest BCUT2D eigenvalue weighted by atomic mass is 10.1. The summed E-state index contributed by atoms with van der Waals surface area (Å²) >= 11 is 0. The van der Waals surface area contributed by atoms with E-state index in [0.29, 0.717) is 6.61 Å². The van der Waals surface area contributed by atoms with Gasteiger partial charge in [0.25, 0.3) is 0 Å². The molecule has 0 heterocycles. The highest BCUT2D eigenvalue weighted by atomic mass is 16.3. The number of aliphatic hydroxyl groups excluding tert-OH is 1. The Morgan fingerprint density at radius 3 is 1.50 bits per heavy atom. The van der Waals surface area contributed by atoms with Crippen molar-refractivity contribution in [2.45, 2.75) is 108 Å². The number of rotatable bonds is 15. The maximum Gasteiger partial charge on any atom is 0.116 e. The monoisotopic (exact) mass is 313 g/mol. The van der Waals surface area contributed by atoms with E-state index in [4.69, 9.17) is 5.11 Å². The summed E-state index contributed by atoms with van der Waals surface area (Å²) in [5.74, 6) is 0. The molecule has 0 aromatic heterocycles. The first-order valence-corrected chi connectivity index (χ1v) is 9.85. The van der Waals surface area contributed by atoms with Crippen molar-refractivity contribution in [3.63, 3.8) is 0 Å². The van der Waals surface area contributed by atoms with Crippen LogP contribution in [0.25, 0.3) is 0 Å². The van der Waals surface area contributed by atoms with Crippen molar-refractivity contribution in [3.05, 3.63) is 0 Å². The van der Waals surface area contributed by atoms with Crippen LogP contribution < -0.4 is 5.32 Å². The molecule has 0 radical (unpaired) electrons. The Morgan fingerprint density at radius 1 is 0.636 bits per heavy atom. The van der Waals surface area contributed by atoms with E-state index in [-0.39, 0.29) is 0 Å². The maximum atomic E-state index is 10.2. The zero-order chi connectivity index (χ0) is 15.9. The van der Waals surface area contributed by atoms with E-state index in [1.807, 2.05) is 0 Å². The number of aliphatic hydroxyl groups is 2. The third kappa shape index (κ3) is 10.6. The molecule has 132 valence electrons. The van der Waals surface area contributed by atoms with E-state index >= 15 is 0 Å². The topological polar surface area (TPSA) is 52.5 Å². The fourth-order valence-electron chi connectivity index (χ4n) is 3.46. The van der Waals surface area contributed by atoms with Gasteiger partial charge in [0.05, 0.1) is 0 Å². The van der Waals surface area contributed by atoms with Gasteiger partial charge < -0.3 is 10.2 Å². The van der Waals surface area contributed by atoms with Gasteiger partial charge in [0, 0.05) is 6.61 Å². The van der Waals surface area contributed by atoms with Gasteiger partial charge in [-0.05, 0) is 45.1 Å². The molecule has 1 aliphatic rings. The van der Waals surface area contributed by atoms with Gasteiger partial charge in [0.1, 0.15) is 5.72 Å². The predicted molar refractivity (Wildman–Crippen MR) is 93.9 cm³/mol. The third-order valence-corrected chi connectivity index (χ3v) is 4.97. The van der Waals surface area contributed by atoms with Crippen LogP contribution in [-0.4, -0.2) is 29.1 Å². The Hall–Kier alpha value is -0.120. The Labute approximate surface area is 137 Å². The highest BCUT2D eigenvalue weighted by Crippen LogP contribution is 2.26. The summed E-state index contributed by atoms with van der Waals surface area (Å²) in [6, 6.07) is 0. The Balaban J connectivity index is 1.71. The first-order chi connectivity index (χ1) is 10.8.